The third kappa shape index (κ3) is 4.34. The van der Waals surface area contributed by atoms with Crippen molar-refractivity contribution in [2.45, 2.75) is 44.9 Å². The Hall–Kier alpha value is -2.31. The van der Waals surface area contributed by atoms with Crippen molar-refractivity contribution in [2.75, 3.05) is 0 Å². The molecule has 0 aliphatic heterocycles. The van der Waals surface area contributed by atoms with Crippen molar-refractivity contribution in [1.82, 2.24) is 5.32 Å². The molecule has 0 bridgehead atoms. The van der Waals surface area contributed by atoms with E-state index >= 15 is 0 Å². The lowest BCUT2D eigenvalue weighted by atomic mass is 10.1. The first-order chi connectivity index (χ1) is 11.3. The van der Waals surface area contributed by atoms with Crippen molar-refractivity contribution in [3.05, 3.63) is 65.2 Å². The Morgan fingerprint density at radius 1 is 1.00 bits per heavy atom. The number of para-hydroxylation sites is 1. The molecule has 118 valence electrons. The quantitative estimate of drug-likeness (QED) is 0.871. The van der Waals surface area contributed by atoms with Crippen LogP contribution in [0.5, 0.6) is 5.75 Å². The van der Waals surface area contributed by atoms with Crippen molar-refractivity contribution in [1.29, 1.82) is 5.26 Å². The van der Waals surface area contributed by atoms with Crippen LogP contribution in [0.3, 0.4) is 0 Å². The second-order valence-corrected chi connectivity index (χ2v) is 6.04. The molecule has 2 aromatic carbocycles. The molecular weight excluding hydrogens is 284 g/mol. The van der Waals surface area contributed by atoms with Crippen LogP contribution in [0.4, 0.5) is 0 Å². The molecule has 0 unspecified atom stereocenters. The maximum absolute atomic E-state index is 8.82. The number of nitriles is 1. The van der Waals surface area contributed by atoms with Crippen molar-refractivity contribution in [3.8, 4) is 11.8 Å². The molecule has 3 heteroatoms. The van der Waals surface area contributed by atoms with Crippen molar-refractivity contribution >= 4 is 0 Å². The van der Waals surface area contributed by atoms with Gasteiger partial charge in [-0.15, -0.1) is 0 Å². The van der Waals surface area contributed by atoms with Crippen molar-refractivity contribution in [3.63, 3.8) is 0 Å². The molecule has 0 atom stereocenters. The second kappa shape index (κ2) is 7.80. The third-order valence-electron chi connectivity index (χ3n) is 4.30. The highest BCUT2D eigenvalue weighted by Gasteiger charge is 2.17. The summed E-state index contributed by atoms with van der Waals surface area (Å²) in [5.41, 5.74) is 3.08. The number of rotatable bonds is 6. The molecule has 3 rings (SSSR count). The zero-order valence-electron chi connectivity index (χ0n) is 13.3. The van der Waals surface area contributed by atoms with Crippen LogP contribution in [0, 0.1) is 11.3 Å². The normalized spacial score (nSPS) is 14.6. The predicted octanol–water partition coefficient (Wildman–Crippen LogP) is 4.17. The van der Waals surface area contributed by atoms with Gasteiger partial charge in [-0.2, -0.15) is 5.26 Å². The molecule has 0 spiro atoms. The van der Waals surface area contributed by atoms with Crippen molar-refractivity contribution < 1.29 is 4.74 Å². The van der Waals surface area contributed by atoms with E-state index in [1.807, 2.05) is 30.3 Å². The predicted molar refractivity (Wildman–Crippen MR) is 91.0 cm³/mol. The van der Waals surface area contributed by atoms with E-state index in [4.69, 9.17) is 10.00 Å². The minimum atomic E-state index is 0.384. The number of hydrogen-bond acceptors (Lipinski definition) is 3. The SMILES string of the molecule is N#Cc1ccc(CNCc2ccccc2OC2CCCC2)cc1. The molecule has 1 N–H and O–H groups in total. The van der Waals surface area contributed by atoms with Crippen LogP contribution in [0.2, 0.25) is 0 Å². The van der Waals surface area contributed by atoms with E-state index in [-0.39, 0.29) is 0 Å². The van der Waals surface area contributed by atoms with E-state index in [1.165, 1.54) is 36.8 Å². The highest BCUT2D eigenvalue weighted by molar-refractivity contribution is 5.34. The summed E-state index contributed by atoms with van der Waals surface area (Å²) in [7, 11) is 0. The van der Waals surface area contributed by atoms with E-state index < -0.39 is 0 Å². The van der Waals surface area contributed by atoms with Crippen LogP contribution in [0.1, 0.15) is 42.4 Å². The Balaban J connectivity index is 1.56. The summed E-state index contributed by atoms with van der Waals surface area (Å²) in [4.78, 5) is 0. The van der Waals surface area contributed by atoms with Gasteiger partial charge in [0.25, 0.3) is 0 Å². The van der Waals surface area contributed by atoms with Gasteiger partial charge >= 0.3 is 0 Å². The Labute approximate surface area is 137 Å². The van der Waals surface area contributed by atoms with Gasteiger partial charge in [-0.25, -0.2) is 0 Å². The summed E-state index contributed by atoms with van der Waals surface area (Å²) in [6, 6.07) is 18.1. The van der Waals surface area contributed by atoms with E-state index in [1.54, 1.807) is 0 Å². The van der Waals surface area contributed by atoms with E-state index in [9.17, 15) is 0 Å². The van der Waals surface area contributed by atoms with E-state index in [0.717, 1.165) is 18.8 Å². The van der Waals surface area contributed by atoms with Gasteiger partial charge in [0.1, 0.15) is 5.75 Å². The molecule has 0 amide bonds. The molecule has 1 aliphatic carbocycles. The van der Waals surface area contributed by atoms with Gasteiger partial charge in [-0.1, -0.05) is 30.3 Å². The van der Waals surface area contributed by atoms with Gasteiger partial charge in [0.05, 0.1) is 17.7 Å². The summed E-state index contributed by atoms with van der Waals surface area (Å²) < 4.78 is 6.16. The molecule has 0 heterocycles. The molecule has 3 nitrogen and oxygen atoms in total. The summed E-state index contributed by atoms with van der Waals surface area (Å²) in [5, 5.41) is 12.3. The minimum Gasteiger partial charge on any atom is -0.490 e. The van der Waals surface area contributed by atoms with Gasteiger partial charge < -0.3 is 10.1 Å². The first-order valence-electron chi connectivity index (χ1n) is 8.29. The number of nitrogens with zero attached hydrogens (tertiary/aromatic N) is 1. The van der Waals surface area contributed by atoms with Gasteiger partial charge in [0.15, 0.2) is 0 Å². The molecule has 2 aromatic rings. The maximum atomic E-state index is 8.82. The zero-order valence-corrected chi connectivity index (χ0v) is 13.3. The molecule has 1 fully saturated rings. The lowest BCUT2D eigenvalue weighted by Gasteiger charge is -2.16. The van der Waals surface area contributed by atoms with Crippen molar-refractivity contribution in [2.24, 2.45) is 0 Å². The Bertz CT molecular complexity index is 667. The number of nitrogens with one attached hydrogen (secondary N) is 1. The molecule has 0 radical (unpaired) electrons. The van der Waals surface area contributed by atoms with Gasteiger partial charge in [-0.05, 0) is 49.4 Å². The second-order valence-electron chi connectivity index (χ2n) is 6.04. The molecular formula is C20H22N2O. The van der Waals surface area contributed by atoms with E-state index in [0.29, 0.717) is 11.7 Å². The van der Waals surface area contributed by atoms with Gasteiger partial charge in [0, 0.05) is 18.7 Å². The highest BCUT2D eigenvalue weighted by atomic mass is 16.5. The molecule has 23 heavy (non-hydrogen) atoms. The average Bonchev–Trinajstić information content (AvgIpc) is 3.10. The van der Waals surface area contributed by atoms with Gasteiger partial charge in [0.2, 0.25) is 0 Å². The number of benzene rings is 2. The summed E-state index contributed by atoms with van der Waals surface area (Å²) in [5.74, 6) is 1.01. The fourth-order valence-electron chi connectivity index (χ4n) is 2.99. The largest absolute Gasteiger partial charge is 0.490 e. The Morgan fingerprint density at radius 2 is 1.74 bits per heavy atom. The molecule has 1 aliphatic rings. The van der Waals surface area contributed by atoms with Crippen LogP contribution >= 0.6 is 0 Å². The highest BCUT2D eigenvalue weighted by Crippen LogP contribution is 2.26. The first kappa shape index (κ1) is 15.6. The summed E-state index contributed by atoms with van der Waals surface area (Å²) >= 11 is 0. The topological polar surface area (TPSA) is 45.0 Å². The summed E-state index contributed by atoms with van der Waals surface area (Å²) in [6.45, 7) is 1.56. The number of ether oxygens (including phenoxy) is 1. The van der Waals surface area contributed by atoms with Crippen LogP contribution in [0.25, 0.3) is 0 Å². The Morgan fingerprint density at radius 3 is 2.48 bits per heavy atom. The monoisotopic (exact) mass is 306 g/mol. The van der Waals surface area contributed by atoms with Crippen LogP contribution in [-0.4, -0.2) is 6.10 Å². The number of hydrogen-bond donors (Lipinski definition) is 1. The molecule has 0 saturated heterocycles. The zero-order chi connectivity index (χ0) is 15.9. The lowest BCUT2D eigenvalue weighted by Crippen LogP contribution is -2.16. The van der Waals surface area contributed by atoms with Crippen LogP contribution < -0.4 is 10.1 Å². The fraction of sp³-hybridized carbons (Fsp3) is 0.350. The standard InChI is InChI=1S/C20H22N2O/c21-13-16-9-11-17(12-10-16)14-22-15-18-5-1-4-8-20(18)23-19-6-2-3-7-19/h1,4-5,8-12,19,22H,2-3,6-7,14-15H2. The minimum absolute atomic E-state index is 0.384. The summed E-state index contributed by atoms with van der Waals surface area (Å²) in [6.07, 6.45) is 5.29. The van der Waals surface area contributed by atoms with Crippen LogP contribution in [-0.2, 0) is 13.1 Å². The maximum Gasteiger partial charge on any atom is 0.124 e. The van der Waals surface area contributed by atoms with Crippen LogP contribution in [0.15, 0.2) is 48.5 Å². The molecule has 1 saturated carbocycles. The first-order valence-corrected chi connectivity index (χ1v) is 8.29. The van der Waals surface area contributed by atoms with Gasteiger partial charge in [-0.3, -0.25) is 0 Å². The lowest BCUT2D eigenvalue weighted by molar-refractivity contribution is 0.207. The Kier molecular flexibility index (Phi) is 5.29. The molecule has 0 aromatic heterocycles. The average molecular weight is 306 g/mol. The smallest absolute Gasteiger partial charge is 0.124 e. The third-order valence-corrected chi connectivity index (χ3v) is 4.30. The van der Waals surface area contributed by atoms with E-state index in [2.05, 4.69) is 29.6 Å². The fourth-order valence-corrected chi connectivity index (χ4v) is 2.99.